The lowest BCUT2D eigenvalue weighted by atomic mass is 9.87. The van der Waals surface area contributed by atoms with Crippen LogP contribution < -0.4 is 0 Å². The molecule has 2 amide bonds. The minimum Gasteiger partial charge on any atom is -0.342 e. The molecule has 0 aromatic heterocycles. The Labute approximate surface area is 164 Å². The number of likely N-dealkylation sites (tertiary alicyclic amines) is 3. The molecule has 0 aromatic rings. The molecule has 152 valence electrons. The molecule has 1 saturated carbocycles. The minimum atomic E-state index is 0.207. The maximum Gasteiger partial charge on any atom is 0.226 e. The van der Waals surface area contributed by atoms with E-state index < -0.39 is 0 Å². The SMILES string of the molecule is O=C(C1CCCCC1)N1CCC(N2CCC[C@@H](C(=O)N3CCCC3)C2)CC1. The Morgan fingerprint density at radius 2 is 1.15 bits per heavy atom. The first kappa shape index (κ1) is 19.2. The zero-order chi connectivity index (χ0) is 18.6. The van der Waals surface area contributed by atoms with Gasteiger partial charge in [0.15, 0.2) is 0 Å². The van der Waals surface area contributed by atoms with E-state index in [0.29, 0.717) is 23.8 Å². The van der Waals surface area contributed by atoms with Crippen molar-refractivity contribution >= 4 is 11.8 Å². The van der Waals surface area contributed by atoms with Gasteiger partial charge in [-0.2, -0.15) is 0 Å². The van der Waals surface area contributed by atoms with E-state index in [2.05, 4.69) is 14.7 Å². The Bertz CT molecular complexity index is 518. The van der Waals surface area contributed by atoms with Gasteiger partial charge in [0.1, 0.15) is 0 Å². The summed E-state index contributed by atoms with van der Waals surface area (Å²) in [5, 5.41) is 0. The van der Waals surface area contributed by atoms with Crippen LogP contribution in [0.4, 0.5) is 0 Å². The van der Waals surface area contributed by atoms with E-state index in [0.717, 1.165) is 77.8 Å². The molecule has 0 radical (unpaired) electrons. The lowest BCUT2D eigenvalue weighted by Gasteiger charge is -2.43. The molecular formula is C22H37N3O2. The normalized spacial score (nSPS) is 29.3. The summed E-state index contributed by atoms with van der Waals surface area (Å²) in [6, 6.07) is 0.564. The smallest absolute Gasteiger partial charge is 0.226 e. The molecule has 0 unspecified atom stereocenters. The zero-order valence-corrected chi connectivity index (χ0v) is 16.9. The number of nitrogens with zero attached hydrogens (tertiary/aromatic N) is 3. The third kappa shape index (κ3) is 4.49. The Morgan fingerprint density at radius 3 is 1.85 bits per heavy atom. The summed E-state index contributed by atoms with van der Waals surface area (Å²) in [6.45, 7) is 5.85. The summed E-state index contributed by atoms with van der Waals surface area (Å²) in [5.74, 6) is 1.34. The molecule has 5 heteroatoms. The Morgan fingerprint density at radius 1 is 0.556 bits per heavy atom. The Balaban J connectivity index is 1.26. The number of hydrogen-bond donors (Lipinski definition) is 0. The molecule has 3 saturated heterocycles. The van der Waals surface area contributed by atoms with Gasteiger partial charge in [0.2, 0.25) is 11.8 Å². The summed E-state index contributed by atoms with van der Waals surface area (Å²) < 4.78 is 0. The Kier molecular flexibility index (Phi) is 6.36. The van der Waals surface area contributed by atoms with E-state index in [9.17, 15) is 9.59 Å². The van der Waals surface area contributed by atoms with Gasteiger partial charge in [0.25, 0.3) is 0 Å². The molecule has 0 aromatic carbocycles. The van der Waals surface area contributed by atoms with Crippen molar-refractivity contribution in [1.29, 1.82) is 0 Å². The summed E-state index contributed by atoms with van der Waals surface area (Å²) in [5.41, 5.74) is 0. The maximum atomic E-state index is 12.8. The standard InChI is InChI=1S/C22H37N3O2/c26-21(18-7-2-1-3-8-18)24-15-10-20(11-16-24)25-14-6-9-19(17-25)22(27)23-12-4-5-13-23/h18-20H,1-17H2/t19-/m1/s1. The van der Waals surface area contributed by atoms with Crippen molar-refractivity contribution in [2.75, 3.05) is 39.3 Å². The third-order valence-electron chi connectivity index (χ3n) is 7.47. The van der Waals surface area contributed by atoms with Crippen LogP contribution in [0.1, 0.15) is 70.6 Å². The molecule has 27 heavy (non-hydrogen) atoms. The molecular weight excluding hydrogens is 338 g/mol. The molecule has 0 bridgehead atoms. The van der Waals surface area contributed by atoms with Crippen molar-refractivity contribution in [3.05, 3.63) is 0 Å². The van der Waals surface area contributed by atoms with Crippen LogP contribution >= 0.6 is 0 Å². The highest BCUT2D eigenvalue weighted by Crippen LogP contribution is 2.29. The van der Waals surface area contributed by atoms with Crippen LogP contribution in [0.5, 0.6) is 0 Å². The van der Waals surface area contributed by atoms with Gasteiger partial charge in [-0.15, -0.1) is 0 Å². The van der Waals surface area contributed by atoms with Gasteiger partial charge in [0, 0.05) is 44.7 Å². The van der Waals surface area contributed by atoms with Crippen molar-refractivity contribution in [3.63, 3.8) is 0 Å². The summed E-state index contributed by atoms with van der Waals surface area (Å²) >= 11 is 0. The van der Waals surface area contributed by atoms with Gasteiger partial charge in [0.05, 0.1) is 5.92 Å². The molecule has 4 fully saturated rings. The fourth-order valence-corrected chi connectivity index (χ4v) is 5.79. The van der Waals surface area contributed by atoms with E-state index in [1.165, 1.54) is 32.1 Å². The van der Waals surface area contributed by atoms with Crippen LogP contribution in [0.15, 0.2) is 0 Å². The molecule has 5 nitrogen and oxygen atoms in total. The molecule has 3 aliphatic heterocycles. The van der Waals surface area contributed by atoms with Gasteiger partial charge in [-0.3, -0.25) is 14.5 Å². The monoisotopic (exact) mass is 375 g/mol. The maximum absolute atomic E-state index is 12.8. The number of carbonyl (C=O) groups is 2. The average Bonchev–Trinajstić information content (AvgIpc) is 3.28. The summed E-state index contributed by atoms with van der Waals surface area (Å²) in [6.07, 6.45) is 12.7. The molecule has 1 aliphatic carbocycles. The molecule has 4 aliphatic rings. The first-order chi connectivity index (χ1) is 13.2. The van der Waals surface area contributed by atoms with Crippen LogP contribution in [0.25, 0.3) is 0 Å². The van der Waals surface area contributed by atoms with Crippen LogP contribution in [0, 0.1) is 11.8 Å². The molecule has 0 N–H and O–H groups in total. The van der Waals surface area contributed by atoms with Crippen molar-refractivity contribution in [3.8, 4) is 0 Å². The zero-order valence-electron chi connectivity index (χ0n) is 16.9. The fourth-order valence-electron chi connectivity index (χ4n) is 5.79. The highest BCUT2D eigenvalue weighted by Gasteiger charge is 2.35. The van der Waals surface area contributed by atoms with E-state index in [-0.39, 0.29) is 5.92 Å². The van der Waals surface area contributed by atoms with Crippen molar-refractivity contribution in [1.82, 2.24) is 14.7 Å². The predicted molar refractivity (Wildman–Crippen MR) is 106 cm³/mol. The highest BCUT2D eigenvalue weighted by molar-refractivity contribution is 5.79. The predicted octanol–water partition coefficient (Wildman–Crippen LogP) is 2.89. The summed E-state index contributed by atoms with van der Waals surface area (Å²) in [4.78, 5) is 32.4. The van der Waals surface area contributed by atoms with E-state index in [4.69, 9.17) is 0 Å². The number of hydrogen-bond acceptors (Lipinski definition) is 3. The van der Waals surface area contributed by atoms with Gasteiger partial charge in [-0.05, 0) is 57.9 Å². The second-order valence-corrected chi connectivity index (χ2v) is 9.26. The van der Waals surface area contributed by atoms with E-state index in [1.54, 1.807) is 0 Å². The van der Waals surface area contributed by atoms with Crippen LogP contribution in [0.3, 0.4) is 0 Å². The molecule has 0 spiro atoms. The molecule has 1 atom stereocenters. The van der Waals surface area contributed by atoms with E-state index in [1.807, 2.05) is 0 Å². The van der Waals surface area contributed by atoms with Crippen LogP contribution in [-0.2, 0) is 9.59 Å². The van der Waals surface area contributed by atoms with Crippen molar-refractivity contribution in [2.45, 2.75) is 76.7 Å². The van der Waals surface area contributed by atoms with Gasteiger partial charge >= 0.3 is 0 Å². The average molecular weight is 376 g/mol. The largest absolute Gasteiger partial charge is 0.342 e. The lowest BCUT2D eigenvalue weighted by molar-refractivity contribution is -0.138. The number of rotatable bonds is 3. The first-order valence-electron chi connectivity index (χ1n) is 11.5. The van der Waals surface area contributed by atoms with Gasteiger partial charge < -0.3 is 9.80 Å². The highest BCUT2D eigenvalue weighted by atomic mass is 16.2. The van der Waals surface area contributed by atoms with Gasteiger partial charge in [-0.1, -0.05) is 19.3 Å². The number of amides is 2. The summed E-state index contributed by atoms with van der Waals surface area (Å²) in [7, 11) is 0. The minimum absolute atomic E-state index is 0.207. The van der Waals surface area contributed by atoms with Crippen LogP contribution in [-0.4, -0.2) is 71.8 Å². The second kappa shape index (κ2) is 8.93. The topological polar surface area (TPSA) is 43.9 Å². The third-order valence-corrected chi connectivity index (χ3v) is 7.47. The quantitative estimate of drug-likeness (QED) is 0.762. The van der Waals surface area contributed by atoms with Gasteiger partial charge in [-0.25, -0.2) is 0 Å². The fraction of sp³-hybridized carbons (Fsp3) is 0.909. The first-order valence-corrected chi connectivity index (χ1v) is 11.5. The molecule has 4 rings (SSSR count). The lowest BCUT2D eigenvalue weighted by Crippen LogP contribution is -2.52. The number of carbonyl (C=O) groups excluding carboxylic acids is 2. The molecule has 3 heterocycles. The van der Waals surface area contributed by atoms with Crippen molar-refractivity contribution in [2.24, 2.45) is 11.8 Å². The van der Waals surface area contributed by atoms with Crippen molar-refractivity contribution < 1.29 is 9.59 Å². The number of piperidine rings is 2. The second-order valence-electron chi connectivity index (χ2n) is 9.26. The Hall–Kier alpha value is -1.10. The van der Waals surface area contributed by atoms with E-state index >= 15 is 0 Å². The van der Waals surface area contributed by atoms with Crippen LogP contribution in [0.2, 0.25) is 0 Å².